The Morgan fingerprint density at radius 1 is 0.857 bits per heavy atom. The maximum absolute atomic E-state index is 3.63. The Balaban J connectivity index is 2.00. The molecular weight excluding hydrogens is 254 g/mol. The van der Waals surface area contributed by atoms with E-state index in [0.717, 1.165) is 13.1 Å². The Bertz CT molecular complexity index is 597. The molecule has 2 rings (SSSR count). The van der Waals surface area contributed by atoms with Gasteiger partial charge in [-0.15, -0.1) is 0 Å². The van der Waals surface area contributed by atoms with Crippen molar-refractivity contribution < 1.29 is 0 Å². The Morgan fingerprint density at radius 2 is 1.48 bits per heavy atom. The lowest BCUT2D eigenvalue weighted by Gasteiger charge is -2.26. The van der Waals surface area contributed by atoms with Crippen LogP contribution in [0.3, 0.4) is 0 Å². The quantitative estimate of drug-likeness (QED) is 0.839. The average Bonchev–Trinajstić information content (AvgIpc) is 2.45. The van der Waals surface area contributed by atoms with E-state index in [-0.39, 0.29) is 5.41 Å². The molecule has 0 aromatic heterocycles. The highest BCUT2D eigenvalue weighted by molar-refractivity contribution is 5.36. The maximum atomic E-state index is 3.63. The van der Waals surface area contributed by atoms with E-state index in [1.165, 1.54) is 27.8 Å². The predicted octanol–water partition coefficient (Wildman–Crippen LogP) is 4.68. The molecule has 0 aliphatic heterocycles. The molecule has 0 heterocycles. The molecule has 0 aliphatic carbocycles. The number of rotatable bonds is 5. The summed E-state index contributed by atoms with van der Waals surface area (Å²) in [6.45, 7) is 13.1. The van der Waals surface area contributed by atoms with Gasteiger partial charge in [0.2, 0.25) is 0 Å². The van der Waals surface area contributed by atoms with Gasteiger partial charge in [-0.1, -0.05) is 56.3 Å². The van der Waals surface area contributed by atoms with Crippen molar-refractivity contribution in [3.05, 3.63) is 70.3 Å². The number of aryl methyl sites for hydroxylation is 3. The molecule has 2 aromatic carbocycles. The zero-order chi connectivity index (χ0) is 15.5. The van der Waals surface area contributed by atoms with Crippen molar-refractivity contribution >= 4 is 0 Å². The van der Waals surface area contributed by atoms with Crippen LogP contribution in [0.15, 0.2) is 42.5 Å². The minimum Gasteiger partial charge on any atom is -0.312 e. The highest BCUT2D eigenvalue weighted by Crippen LogP contribution is 2.22. The van der Waals surface area contributed by atoms with Crippen molar-refractivity contribution in [2.75, 3.05) is 6.54 Å². The summed E-state index contributed by atoms with van der Waals surface area (Å²) in [5, 5.41) is 3.63. The van der Waals surface area contributed by atoms with Crippen LogP contribution in [0.4, 0.5) is 0 Å². The second kappa shape index (κ2) is 6.44. The summed E-state index contributed by atoms with van der Waals surface area (Å²) in [6, 6.07) is 15.3. The van der Waals surface area contributed by atoms with Crippen LogP contribution in [0.2, 0.25) is 0 Å². The van der Waals surface area contributed by atoms with Crippen LogP contribution in [0, 0.1) is 20.8 Å². The molecule has 0 fully saturated rings. The number of benzene rings is 2. The predicted molar refractivity (Wildman–Crippen MR) is 91.8 cm³/mol. The van der Waals surface area contributed by atoms with Crippen molar-refractivity contribution in [2.45, 2.75) is 46.6 Å². The lowest BCUT2D eigenvalue weighted by molar-refractivity contribution is 0.468. The van der Waals surface area contributed by atoms with Gasteiger partial charge < -0.3 is 5.32 Å². The van der Waals surface area contributed by atoms with Crippen molar-refractivity contribution in [1.29, 1.82) is 0 Å². The molecule has 0 radical (unpaired) electrons. The van der Waals surface area contributed by atoms with Gasteiger partial charge in [-0.05, 0) is 48.6 Å². The summed E-state index contributed by atoms with van der Waals surface area (Å²) in [4.78, 5) is 0. The van der Waals surface area contributed by atoms with Gasteiger partial charge in [0.1, 0.15) is 0 Å². The topological polar surface area (TPSA) is 12.0 Å². The summed E-state index contributed by atoms with van der Waals surface area (Å²) >= 11 is 0. The van der Waals surface area contributed by atoms with Crippen LogP contribution in [0.25, 0.3) is 0 Å². The van der Waals surface area contributed by atoms with Crippen LogP contribution < -0.4 is 5.32 Å². The molecule has 0 unspecified atom stereocenters. The molecule has 0 atom stereocenters. The molecule has 0 aliphatic rings. The van der Waals surface area contributed by atoms with Crippen molar-refractivity contribution in [3.63, 3.8) is 0 Å². The third-order valence-corrected chi connectivity index (χ3v) is 4.39. The Kier molecular flexibility index (Phi) is 4.84. The molecule has 1 nitrogen and oxygen atoms in total. The number of hydrogen-bond donors (Lipinski definition) is 1. The van der Waals surface area contributed by atoms with Crippen molar-refractivity contribution in [2.24, 2.45) is 0 Å². The molecule has 0 saturated heterocycles. The Hall–Kier alpha value is -1.60. The van der Waals surface area contributed by atoms with E-state index in [9.17, 15) is 0 Å². The zero-order valence-corrected chi connectivity index (χ0v) is 14.0. The fourth-order valence-corrected chi connectivity index (χ4v) is 2.71. The van der Waals surface area contributed by atoms with E-state index < -0.39 is 0 Å². The maximum Gasteiger partial charge on any atom is 0.0208 e. The molecule has 1 heteroatoms. The first-order chi connectivity index (χ1) is 9.90. The van der Waals surface area contributed by atoms with Crippen LogP contribution in [0.5, 0.6) is 0 Å². The molecule has 1 N–H and O–H groups in total. The first-order valence-corrected chi connectivity index (χ1v) is 7.73. The summed E-state index contributed by atoms with van der Waals surface area (Å²) < 4.78 is 0. The highest BCUT2D eigenvalue weighted by atomic mass is 14.9. The smallest absolute Gasteiger partial charge is 0.0208 e. The van der Waals surface area contributed by atoms with Gasteiger partial charge in [0.15, 0.2) is 0 Å². The van der Waals surface area contributed by atoms with Crippen molar-refractivity contribution in [3.8, 4) is 0 Å². The molecule has 0 amide bonds. The van der Waals surface area contributed by atoms with Crippen molar-refractivity contribution in [1.82, 2.24) is 5.32 Å². The Morgan fingerprint density at radius 3 is 2.14 bits per heavy atom. The minimum absolute atomic E-state index is 0.148. The monoisotopic (exact) mass is 281 g/mol. The molecule has 0 saturated carbocycles. The van der Waals surface area contributed by atoms with Gasteiger partial charge in [0.25, 0.3) is 0 Å². The second-order valence-corrected chi connectivity index (χ2v) is 6.72. The summed E-state index contributed by atoms with van der Waals surface area (Å²) in [5.41, 5.74) is 7.06. The van der Waals surface area contributed by atoms with E-state index in [1.54, 1.807) is 0 Å². The number of nitrogens with one attached hydrogen (secondary N) is 1. The summed E-state index contributed by atoms with van der Waals surface area (Å²) in [7, 11) is 0. The lowest BCUT2D eigenvalue weighted by atomic mass is 9.84. The average molecular weight is 281 g/mol. The fourth-order valence-electron chi connectivity index (χ4n) is 2.71. The molecule has 112 valence electrons. The van der Waals surface area contributed by atoms with E-state index in [0.29, 0.717) is 0 Å². The second-order valence-electron chi connectivity index (χ2n) is 6.72. The minimum atomic E-state index is 0.148. The van der Waals surface area contributed by atoms with Gasteiger partial charge in [0.05, 0.1) is 0 Å². The third-order valence-electron chi connectivity index (χ3n) is 4.39. The molecule has 2 aromatic rings. The van der Waals surface area contributed by atoms with E-state index in [2.05, 4.69) is 82.4 Å². The largest absolute Gasteiger partial charge is 0.312 e. The third kappa shape index (κ3) is 3.95. The van der Waals surface area contributed by atoms with Gasteiger partial charge >= 0.3 is 0 Å². The SMILES string of the molecule is Cc1cc(C)c(CNCC(C)(C)c2ccccc2)cc1C. The first kappa shape index (κ1) is 15.8. The summed E-state index contributed by atoms with van der Waals surface area (Å²) in [6.07, 6.45) is 0. The van der Waals surface area contributed by atoms with Crippen LogP contribution in [0.1, 0.15) is 41.7 Å². The standard InChI is InChI=1S/C20H27N/c1-15-11-17(3)18(12-16(15)2)13-21-14-20(4,5)19-9-7-6-8-10-19/h6-12,21H,13-14H2,1-5H3. The fraction of sp³-hybridized carbons (Fsp3) is 0.400. The molecule has 0 spiro atoms. The highest BCUT2D eigenvalue weighted by Gasteiger charge is 2.19. The van der Waals surface area contributed by atoms with E-state index >= 15 is 0 Å². The normalized spacial score (nSPS) is 11.7. The lowest BCUT2D eigenvalue weighted by Crippen LogP contribution is -2.32. The van der Waals surface area contributed by atoms with Crippen LogP contribution in [-0.2, 0) is 12.0 Å². The van der Waals surface area contributed by atoms with Gasteiger partial charge in [0, 0.05) is 18.5 Å². The molecular formula is C20H27N. The van der Waals surface area contributed by atoms with Crippen LogP contribution >= 0.6 is 0 Å². The Labute approximate surface area is 129 Å². The van der Waals surface area contributed by atoms with Crippen LogP contribution in [-0.4, -0.2) is 6.54 Å². The van der Waals surface area contributed by atoms with Gasteiger partial charge in [-0.3, -0.25) is 0 Å². The zero-order valence-electron chi connectivity index (χ0n) is 14.0. The first-order valence-electron chi connectivity index (χ1n) is 7.73. The van der Waals surface area contributed by atoms with Gasteiger partial charge in [-0.2, -0.15) is 0 Å². The molecule has 0 bridgehead atoms. The summed E-state index contributed by atoms with van der Waals surface area (Å²) in [5.74, 6) is 0. The molecule has 21 heavy (non-hydrogen) atoms. The number of hydrogen-bond acceptors (Lipinski definition) is 1. The van der Waals surface area contributed by atoms with Gasteiger partial charge in [-0.25, -0.2) is 0 Å². The van der Waals surface area contributed by atoms with E-state index in [4.69, 9.17) is 0 Å². The van der Waals surface area contributed by atoms with E-state index in [1.807, 2.05) is 0 Å².